The predicted octanol–water partition coefficient (Wildman–Crippen LogP) is 3.72. The van der Waals surface area contributed by atoms with Gasteiger partial charge in [-0.25, -0.2) is 0 Å². The summed E-state index contributed by atoms with van der Waals surface area (Å²) in [5.41, 5.74) is 6.29. The fraction of sp³-hybridized carbons (Fsp3) is 0.0769. The minimum Gasteiger partial charge on any atom is -0.497 e. The van der Waals surface area contributed by atoms with Crippen molar-refractivity contribution in [3.8, 4) is 17.2 Å². The zero-order chi connectivity index (χ0) is 12.3. The number of ether oxygens (including phenoxy) is 2. The van der Waals surface area contributed by atoms with Crippen LogP contribution in [0.4, 0.5) is 5.69 Å². The third-order valence-corrected chi connectivity index (χ3v) is 2.41. The fourth-order valence-electron chi connectivity index (χ4n) is 1.39. The van der Waals surface area contributed by atoms with Crippen LogP contribution >= 0.6 is 11.6 Å². The molecule has 0 amide bonds. The van der Waals surface area contributed by atoms with Gasteiger partial charge < -0.3 is 15.2 Å². The lowest BCUT2D eigenvalue weighted by Crippen LogP contribution is -1.88. The van der Waals surface area contributed by atoms with Gasteiger partial charge in [-0.3, -0.25) is 0 Å². The molecule has 0 bridgehead atoms. The Hall–Kier alpha value is -1.87. The van der Waals surface area contributed by atoms with Crippen LogP contribution in [-0.4, -0.2) is 7.11 Å². The number of rotatable bonds is 3. The molecule has 0 aliphatic heterocycles. The average molecular weight is 250 g/mol. The van der Waals surface area contributed by atoms with E-state index in [4.69, 9.17) is 26.8 Å². The molecule has 0 spiro atoms. The third-order valence-electron chi connectivity index (χ3n) is 2.20. The smallest absolute Gasteiger partial charge is 0.132 e. The molecule has 17 heavy (non-hydrogen) atoms. The Balaban J connectivity index is 2.23. The van der Waals surface area contributed by atoms with Gasteiger partial charge in [-0.15, -0.1) is 0 Å². The van der Waals surface area contributed by atoms with Crippen LogP contribution in [0.15, 0.2) is 42.5 Å². The van der Waals surface area contributed by atoms with Gasteiger partial charge in [-0.2, -0.15) is 0 Å². The maximum Gasteiger partial charge on any atom is 0.132 e. The van der Waals surface area contributed by atoms with Crippen molar-refractivity contribution < 1.29 is 9.47 Å². The standard InChI is InChI=1S/C13H12ClNO2/c1-16-12-6-9(14)7-13(8-12)17-11-4-2-10(15)3-5-11/h2-8H,15H2,1H3. The van der Waals surface area contributed by atoms with Gasteiger partial charge in [0.25, 0.3) is 0 Å². The van der Waals surface area contributed by atoms with E-state index in [2.05, 4.69) is 0 Å². The van der Waals surface area contributed by atoms with Crippen molar-refractivity contribution in [3.63, 3.8) is 0 Å². The molecular formula is C13H12ClNO2. The number of hydrogen-bond donors (Lipinski definition) is 1. The molecule has 3 nitrogen and oxygen atoms in total. The van der Waals surface area contributed by atoms with Crippen molar-refractivity contribution in [2.24, 2.45) is 0 Å². The highest BCUT2D eigenvalue weighted by Crippen LogP contribution is 2.29. The second kappa shape index (κ2) is 4.97. The SMILES string of the molecule is COc1cc(Cl)cc(Oc2ccc(N)cc2)c1. The molecule has 0 aliphatic carbocycles. The van der Waals surface area contributed by atoms with Crippen LogP contribution in [0.3, 0.4) is 0 Å². The fourth-order valence-corrected chi connectivity index (χ4v) is 1.60. The zero-order valence-electron chi connectivity index (χ0n) is 9.31. The topological polar surface area (TPSA) is 44.5 Å². The summed E-state index contributed by atoms with van der Waals surface area (Å²) in [4.78, 5) is 0. The molecule has 2 N–H and O–H groups in total. The van der Waals surface area contributed by atoms with Crippen LogP contribution < -0.4 is 15.2 Å². The molecule has 0 aliphatic rings. The second-order valence-electron chi connectivity index (χ2n) is 3.50. The summed E-state index contributed by atoms with van der Waals surface area (Å²) in [6.07, 6.45) is 0. The first-order chi connectivity index (χ1) is 8.17. The van der Waals surface area contributed by atoms with E-state index in [9.17, 15) is 0 Å². The molecule has 0 aromatic heterocycles. The number of nitrogens with two attached hydrogens (primary N) is 1. The summed E-state index contributed by atoms with van der Waals surface area (Å²) in [7, 11) is 1.58. The van der Waals surface area contributed by atoms with Gasteiger partial charge in [0.1, 0.15) is 17.2 Å². The molecule has 2 aromatic carbocycles. The first kappa shape index (κ1) is 11.6. The van der Waals surface area contributed by atoms with Crippen LogP contribution in [0, 0.1) is 0 Å². The van der Waals surface area contributed by atoms with Crippen LogP contribution in [-0.2, 0) is 0 Å². The van der Waals surface area contributed by atoms with Gasteiger partial charge >= 0.3 is 0 Å². The number of halogens is 1. The molecule has 0 fully saturated rings. The van der Waals surface area contributed by atoms with Crippen LogP contribution in [0.1, 0.15) is 0 Å². The summed E-state index contributed by atoms with van der Waals surface area (Å²) in [6.45, 7) is 0. The highest BCUT2D eigenvalue weighted by molar-refractivity contribution is 6.30. The Morgan fingerprint density at radius 3 is 2.24 bits per heavy atom. The van der Waals surface area contributed by atoms with E-state index in [0.29, 0.717) is 28.0 Å². The largest absolute Gasteiger partial charge is 0.497 e. The zero-order valence-corrected chi connectivity index (χ0v) is 10.1. The van der Waals surface area contributed by atoms with Crippen LogP contribution in [0.2, 0.25) is 5.02 Å². The number of hydrogen-bond acceptors (Lipinski definition) is 3. The Labute approximate surface area is 105 Å². The van der Waals surface area contributed by atoms with E-state index >= 15 is 0 Å². The van der Waals surface area contributed by atoms with E-state index in [1.54, 1.807) is 49.6 Å². The minimum atomic E-state index is 0.565. The highest BCUT2D eigenvalue weighted by atomic mass is 35.5. The molecule has 0 unspecified atom stereocenters. The first-order valence-corrected chi connectivity index (χ1v) is 5.43. The van der Waals surface area contributed by atoms with Gasteiger partial charge in [-0.05, 0) is 36.4 Å². The monoisotopic (exact) mass is 249 g/mol. The number of nitrogen functional groups attached to an aromatic ring is 1. The van der Waals surface area contributed by atoms with E-state index in [-0.39, 0.29) is 0 Å². The van der Waals surface area contributed by atoms with Crippen molar-refractivity contribution in [2.75, 3.05) is 12.8 Å². The number of anilines is 1. The Morgan fingerprint density at radius 2 is 1.59 bits per heavy atom. The summed E-state index contributed by atoms with van der Waals surface area (Å²) in [5.74, 6) is 1.98. The maximum atomic E-state index is 5.94. The van der Waals surface area contributed by atoms with E-state index in [0.717, 1.165) is 0 Å². The molecule has 2 rings (SSSR count). The highest BCUT2D eigenvalue weighted by Gasteiger charge is 2.02. The van der Waals surface area contributed by atoms with Crippen LogP contribution in [0.25, 0.3) is 0 Å². The van der Waals surface area contributed by atoms with E-state index in [1.165, 1.54) is 0 Å². The maximum absolute atomic E-state index is 5.94. The van der Waals surface area contributed by atoms with Gasteiger partial charge in [-0.1, -0.05) is 11.6 Å². The van der Waals surface area contributed by atoms with E-state index in [1.807, 2.05) is 0 Å². The first-order valence-electron chi connectivity index (χ1n) is 5.05. The summed E-state index contributed by atoms with van der Waals surface area (Å²) >= 11 is 5.94. The molecule has 0 radical (unpaired) electrons. The van der Waals surface area contributed by atoms with Crippen molar-refractivity contribution in [1.82, 2.24) is 0 Å². The Kier molecular flexibility index (Phi) is 3.40. The molecule has 0 saturated carbocycles. The van der Waals surface area contributed by atoms with Gasteiger partial charge in [0.15, 0.2) is 0 Å². The summed E-state index contributed by atoms with van der Waals surface area (Å²) < 4.78 is 10.7. The number of benzene rings is 2. The molecule has 4 heteroatoms. The lowest BCUT2D eigenvalue weighted by molar-refractivity contribution is 0.409. The minimum absolute atomic E-state index is 0.565. The number of methoxy groups -OCH3 is 1. The van der Waals surface area contributed by atoms with Gasteiger partial charge in [0, 0.05) is 16.8 Å². The van der Waals surface area contributed by atoms with E-state index < -0.39 is 0 Å². The Bertz CT molecular complexity index is 511. The normalized spacial score (nSPS) is 10.0. The Morgan fingerprint density at radius 1 is 0.941 bits per heavy atom. The third kappa shape index (κ3) is 3.04. The quantitative estimate of drug-likeness (QED) is 0.843. The lowest BCUT2D eigenvalue weighted by atomic mass is 10.3. The van der Waals surface area contributed by atoms with Crippen molar-refractivity contribution in [1.29, 1.82) is 0 Å². The summed E-state index contributed by atoms with van der Waals surface area (Å²) in [6, 6.07) is 12.3. The van der Waals surface area contributed by atoms with Gasteiger partial charge in [0.05, 0.1) is 7.11 Å². The molecule has 0 heterocycles. The van der Waals surface area contributed by atoms with Crippen LogP contribution in [0.5, 0.6) is 17.2 Å². The average Bonchev–Trinajstić information content (AvgIpc) is 2.31. The molecular weight excluding hydrogens is 238 g/mol. The van der Waals surface area contributed by atoms with Crippen molar-refractivity contribution in [2.45, 2.75) is 0 Å². The van der Waals surface area contributed by atoms with Gasteiger partial charge in [0.2, 0.25) is 0 Å². The predicted molar refractivity (Wildman–Crippen MR) is 68.9 cm³/mol. The molecule has 2 aromatic rings. The second-order valence-corrected chi connectivity index (χ2v) is 3.93. The van der Waals surface area contributed by atoms with Crippen molar-refractivity contribution in [3.05, 3.63) is 47.5 Å². The van der Waals surface area contributed by atoms with Crippen molar-refractivity contribution >= 4 is 17.3 Å². The summed E-state index contributed by atoms with van der Waals surface area (Å²) in [5, 5.41) is 0.565. The molecule has 0 saturated heterocycles. The molecule has 0 atom stereocenters. The lowest BCUT2D eigenvalue weighted by Gasteiger charge is -2.08. The molecule has 88 valence electrons.